The Morgan fingerprint density at radius 3 is 1.90 bits per heavy atom. The molecule has 2 unspecified atom stereocenters. The molecule has 2 heteroatoms. The first-order valence-electron chi connectivity index (χ1n) is 3.73. The van der Waals surface area contributed by atoms with Gasteiger partial charge in [-0.25, -0.2) is 0 Å². The van der Waals surface area contributed by atoms with Crippen LogP contribution in [0.5, 0.6) is 0 Å². The first-order valence-corrected chi connectivity index (χ1v) is 4.98. The number of rotatable bonds is 2. The van der Waals surface area contributed by atoms with E-state index in [9.17, 15) is 0 Å². The Morgan fingerprint density at radius 1 is 1.40 bits per heavy atom. The number of nitrogens with two attached hydrogens (primary N) is 1. The van der Waals surface area contributed by atoms with E-state index in [1.54, 1.807) is 0 Å². The molecule has 0 aliphatic heterocycles. The Bertz CT molecular complexity index is 95.9. The zero-order valence-electron chi connectivity index (χ0n) is 7.32. The van der Waals surface area contributed by atoms with Crippen LogP contribution in [0.25, 0.3) is 0 Å². The zero-order valence-corrected chi connectivity index (χ0v) is 9.47. The third-order valence-electron chi connectivity index (χ3n) is 2.13. The second-order valence-corrected chi connectivity index (χ2v) is 5.51. The maximum absolute atomic E-state index is 5.56. The van der Waals surface area contributed by atoms with Crippen molar-refractivity contribution < 1.29 is 0 Å². The lowest BCUT2D eigenvalue weighted by Gasteiger charge is -2.30. The summed E-state index contributed by atoms with van der Waals surface area (Å²) in [6.07, 6.45) is 0. The molecular weight excluding hydrogens is 237 g/mol. The van der Waals surface area contributed by atoms with Crippen LogP contribution >= 0.6 is 22.6 Å². The topological polar surface area (TPSA) is 26.0 Å². The van der Waals surface area contributed by atoms with Crippen LogP contribution in [0.15, 0.2) is 0 Å². The van der Waals surface area contributed by atoms with Gasteiger partial charge in [0.05, 0.1) is 0 Å². The second kappa shape index (κ2) is 3.90. The molecule has 0 aliphatic rings. The van der Waals surface area contributed by atoms with Crippen LogP contribution in [0.1, 0.15) is 27.7 Å². The second-order valence-electron chi connectivity index (χ2n) is 3.91. The Hall–Kier alpha value is 0.690. The summed E-state index contributed by atoms with van der Waals surface area (Å²) < 4.78 is 0.609. The Kier molecular flexibility index (Phi) is 4.17. The molecule has 0 heterocycles. The van der Waals surface area contributed by atoms with Crippen molar-refractivity contribution in [3.8, 4) is 0 Å². The van der Waals surface area contributed by atoms with E-state index in [1.807, 2.05) is 0 Å². The van der Waals surface area contributed by atoms with Crippen LogP contribution in [0.3, 0.4) is 0 Å². The summed E-state index contributed by atoms with van der Waals surface area (Å²) in [6, 6.07) is 0. The van der Waals surface area contributed by atoms with Crippen LogP contribution < -0.4 is 5.73 Å². The van der Waals surface area contributed by atoms with Gasteiger partial charge in [-0.3, -0.25) is 0 Å². The molecule has 0 aromatic rings. The first-order chi connectivity index (χ1) is 4.39. The van der Waals surface area contributed by atoms with Crippen molar-refractivity contribution in [2.75, 3.05) is 6.54 Å². The maximum Gasteiger partial charge on any atom is 0.0263 e. The Labute approximate surface area is 77.9 Å². The van der Waals surface area contributed by atoms with Gasteiger partial charge in [0.25, 0.3) is 0 Å². The predicted octanol–water partition coefficient (Wildman–Crippen LogP) is 2.43. The molecule has 0 radical (unpaired) electrons. The molecule has 2 atom stereocenters. The molecule has 62 valence electrons. The van der Waals surface area contributed by atoms with Crippen molar-refractivity contribution in [3.05, 3.63) is 0 Å². The molecule has 0 aromatic carbocycles. The van der Waals surface area contributed by atoms with Gasteiger partial charge in [0, 0.05) is 10.5 Å². The molecule has 1 nitrogen and oxygen atoms in total. The average molecular weight is 255 g/mol. The molecule has 0 saturated carbocycles. The molecular formula is C8H18IN. The van der Waals surface area contributed by atoms with Crippen LogP contribution in [0.4, 0.5) is 0 Å². The summed E-state index contributed by atoms with van der Waals surface area (Å²) in [4.78, 5) is 0. The lowest BCUT2D eigenvalue weighted by atomic mass is 9.80. The van der Waals surface area contributed by atoms with Gasteiger partial charge in [0.1, 0.15) is 0 Å². The minimum Gasteiger partial charge on any atom is -0.329 e. The van der Waals surface area contributed by atoms with E-state index >= 15 is 0 Å². The molecule has 0 aromatic heterocycles. The molecule has 0 amide bonds. The van der Waals surface area contributed by atoms with Crippen molar-refractivity contribution in [1.82, 2.24) is 0 Å². The summed E-state index contributed by atoms with van der Waals surface area (Å²) in [5.41, 5.74) is 5.96. The fraction of sp³-hybridized carbons (Fsp3) is 1.00. The summed E-state index contributed by atoms with van der Waals surface area (Å²) >= 11 is 2.43. The monoisotopic (exact) mass is 255 g/mol. The summed E-state index contributed by atoms with van der Waals surface area (Å²) in [5, 5.41) is 0. The van der Waals surface area contributed by atoms with Crippen LogP contribution in [0.2, 0.25) is 0 Å². The molecule has 0 fully saturated rings. The highest BCUT2D eigenvalue weighted by molar-refractivity contribution is 14.1. The van der Waals surface area contributed by atoms with E-state index in [0.717, 1.165) is 6.54 Å². The van der Waals surface area contributed by atoms with Crippen molar-refractivity contribution in [2.45, 2.75) is 31.6 Å². The van der Waals surface area contributed by atoms with Crippen molar-refractivity contribution >= 4 is 22.6 Å². The smallest absolute Gasteiger partial charge is 0.0263 e. The van der Waals surface area contributed by atoms with E-state index in [0.29, 0.717) is 15.3 Å². The van der Waals surface area contributed by atoms with E-state index in [2.05, 4.69) is 50.3 Å². The maximum atomic E-state index is 5.56. The van der Waals surface area contributed by atoms with Gasteiger partial charge in [-0.05, 0) is 11.3 Å². The Morgan fingerprint density at radius 2 is 1.80 bits per heavy atom. The van der Waals surface area contributed by atoms with Gasteiger partial charge in [-0.15, -0.1) is 0 Å². The van der Waals surface area contributed by atoms with Gasteiger partial charge in [0.2, 0.25) is 0 Å². The third kappa shape index (κ3) is 3.19. The van der Waals surface area contributed by atoms with Crippen LogP contribution in [0, 0.1) is 11.3 Å². The molecule has 0 bridgehead atoms. The fourth-order valence-corrected chi connectivity index (χ4v) is 1.83. The summed E-state index contributed by atoms with van der Waals surface area (Å²) in [6.45, 7) is 9.85. The SMILES string of the molecule is CC(C(I)CN)C(C)(C)C. The minimum atomic E-state index is 0.394. The summed E-state index contributed by atoms with van der Waals surface area (Å²) in [5.74, 6) is 0.693. The first kappa shape index (κ1) is 10.7. The molecule has 10 heavy (non-hydrogen) atoms. The van der Waals surface area contributed by atoms with E-state index in [1.165, 1.54) is 0 Å². The standard InChI is InChI=1S/C8H18IN/c1-6(7(9)5-10)8(2,3)4/h6-7H,5,10H2,1-4H3. The normalized spacial score (nSPS) is 18.6. The number of hydrogen-bond acceptors (Lipinski definition) is 1. The predicted molar refractivity (Wildman–Crippen MR) is 55.5 cm³/mol. The van der Waals surface area contributed by atoms with Gasteiger partial charge in [-0.2, -0.15) is 0 Å². The largest absolute Gasteiger partial charge is 0.329 e. The summed E-state index contributed by atoms with van der Waals surface area (Å²) in [7, 11) is 0. The van der Waals surface area contributed by atoms with Crippen molar-refractivity contribution in [1.29, 1.82) is 0 Å². The van der Waals surface area contributed by atoms with Gasteiger partial charge >= 0.3 is 0 Å². The van der Waals surface area contributed by atoms with Crippen molar-refractivity contribution in [3.63, 3.8) is 0 Å². The van der Waals surface area contributed by atoms with E-state index in [4.69, 9.17) is 5.73 Å². The minimum absolute atomic E-state index is 0.394. The van der Waals surface area contributed by atoms with E-state index in [-0.39, 0.29) is 0 Å². The molecule has 0 spiro atoms. The van der Waals surface area contributed by atoms with Gasteiger partial charge < -0.3 is 5.73 Å². The van der Waals surface area contributed by atoms with Crippen molar-refractivity contribution in [2.24, 2.45) is 17.1 Å². The van der Waals surface area contributed by atoms with Gasteiger partial charge in [0.15, 0.2) is 0 Å². The van der Waals surface area contributed by atoms with Crippen LogP contribution in [-0.2, 0) is 0 Å². The number of hydrogen-bond donors (Lipinski definition) is 1. The third-order valence-corrected chi connectivity index (χ3v) is 3.72. The number of halogens is 1. The molecule has 0 saturated heterocycles. The lowest BCUT2D eigenvalue weighted by Crippen LogP contribution is -2.30. The highest BCUT2D eigenvalue weighted by Crippen LogP contribution is 2.31. The fourth-order valence-electron chi connectivity index (χ4n) is 0.747. The molecule has 0 rings (SSSR count). The molecule has 2 N–H and O–H groups in total. The quantitative estimate of drug-likeness (QED) is 0.595. The average Bonchev–Trinajstić information content (AvgIpc) is 1.83. The zero-order chi connectivity index (χ0) is 8.36. The van der Waals surface area contributed by atoms with E-state index < -0.39 is 0 Å². The lowest BCUT2D eigenvalue weighted by molar-refractivity contribution is 0.262. The Balaban J connectivity index is 3.94. The van der Waals surface area contributed by atoms with Crippen LogP contribution in [-0.4, -0.2) is 10.5 Å². The highest BCUT2D eigenvalue weighted by Gasteiger charge is 2.25. The number of alkyl halides is 1. The van der Waals surface area contributed by atoms with Gasteiger partial charge in [-0.1, -0.05) is 50.3 Å². The highest BCUT2D eigenvalue weighted by atomic mass is 127. The molecule has 0 aliphatic carbocycles.